The maximum Gasteiger partial charge on any atom is 0.330 e. The van der Waals surface area contributed by atoms with Gasteiger partial charge in [0.05, 0.1) is 0 Å². The third-order valence-corrected chi connectivity index (χ3v) is 4.82. The summed E-state index contributed by atoms with van der Waals surface area (Å²) in [7, 11) is 0. The molecule has 13 nitrogen and oxygen atoms in total. The molecule has 0 aromatic carbocycles. The van der Waals surface area contributed by atoms with Gasteiger partial charge in [-0.05, 0) is 0 Å². The van der Waals surface area contributed by atoms with Gasteiger partial charge in [0.15, 0.2) is 6.29 Å². The van der Waals surface area contributed by atoms with E-state index in [4.69, 9.17) is 23.7 Å². The van der Waals surface area contributed by atoms with Gasteiger partial charge in [-0.2, -0.15) is 0 Å². The molecule has 2 saturated heterocycles. The first-order chi connectivity index (χ1) is 14.6. The molecule has 2 fully saturated rings. The molecule has 2 heterocycles. The lowest BCUT2D eigenvalue weighted by Gasteiger charge is -2.43. The molecule has 2 rings (SSSR count). The van der Waals surface area contributed by atoms with E-state index in [-0.39, 0.29) is 0 Å². The average molecular weight is 450 g/mol. The van der Waals surface area contributed by atoms with Crippen LogP contribution in [0.2, 0.25) is 0 Å². The molecule has 31 heavy (non-hydrogen) atoms. The Morgan fingerprint density at radius 1 is 0.871 bits per heavy atom. The highest BCUT2D eigenvalue weighted by atomic mass is 16.8. The Kier molecular flexibility index (Phi) is 8.65. The summed E-state index contributed by atoms with van der Waals surface area (Å²) in [6, 6.07) is 0. The Balaban J connectivity index is 2.14. The van der Waals surface area contributed by atoms with Crippen molar-refractivity contribution in [3.8, 4) is 0 Å². The van der Waals surface area contributed by atoms with Crippen LogP contribution in [0.15, 0.2) is 25.3 Å². The topological polar surface area (TPSA) is 202 Å². The first kappa shape index (κ1) is 25.3. The molecule has 0 spiro atoms. The zero-order valence-corrected chi connectivity index (χ0v) is 16.4. The zero-order valence-electron chi connectivity index (χ0n) is 16.4. The van der Waals surface area contributed by atoms with Gasteiger partial charge >= 0.3 is 11.9 Å². The van der Waals surface area contributed by atoms with Crippen LogP contribution in [0.5, 0.6) is 0 Å². The lowest BCUT2D eigenvalue weighted by atomic mass is 9.99. The molecule has 0 unspecified atom stereocenters. The monoisotopic (exact) mass is 450 g/mol. The van der Waals surface area contributed by atoms with E-state index in [2.05, 4.69) is 13.2 Å². The number of carbonyl (C=O) groups excluding carboxylic acids is 2. The van der Waals surface area contributed by atoms with Crippen LogP contribution in [0.4, 0.5) is 0 Å². The van der Waals surface area contributed by atoms with Crippen molar-refractivity contribution in [3.63, 3.8) is 0 Å². The molecule has 0 aromatic rings. The second-order valence-electron chi connectivity index (χ2n) is 6.86. The van der Waals surface area contributed by atoms with E-state index in [0.717, 1.165) is 12.2 Å². The number of ether oxygens (including phenoxy) is 5. The molecule has 0 saturated carbocycles. The van der Waals surface area contributed by atoms with Crippen molar-refractivity contribution in [1.82, 2.24) is 0 Å². The zero-order chi connectivity index (χ0) is 23.3. The summed E-state index contributed by atoms with van der Waals surface area (Å²) in [5.41, 5.74) is 0. The van der Waals surface area contributed by atoms with Crippen LogP contribution in [0, 0.1) is 0 Å². The highest BCUT2D eigenvalue weighted by molar-refractivity contribution is 5.81. The Hall–Kier alpha value is -1.94. The van der Waals surface area contributed by atoms with Crippen molar-refractivity contribution in [2.45, 2.75) is 54.8 Å². The molecule has 13 heteroatoms. The van der Waals surface area contributed by atoms with Crippen LogP contribution < -0.4 is 0 Å². The van der Waals surface area contributed by atoms with Gasteiger partial charge in [0, 0.05) is 12.2 Å². The van der Waals surface area contributed by atoms with Gasteiger partial charge in [0.1, 0.15) is 62.5 Å². The van der Waals surface area contributed by atoms with E-state index in [9.17, 15) is 40.2 Å². The summed E-state index contributed by atoms with van der Waals surface area (Å²) in [6.07, 6.45) is -11.7. The van der Waals surface area contributed by atoms with Crippen LogP contribution in [-0.4, -0.2) is 117 Å². The molecule has 9 atom stereocenters. The number of carbonyl (C=O) groups is 2. The fourth-order valence-electron chi connectivity index (χ4n) is 3.05. The third-order valence-electron chi connectivity index (χ3n) is 4.82. The number of esters is 2. The van der Waals surface area contributed by atoms with Crippen molar-refractivity contribution in [2.24, 2.45) is 0 Å². The predicted molar refractivity (Wildman–Crippen MR) is 96.8 cm³/mol. The first-order valence-electron chi connectivity index (χ1n) is 9.20. The summed E-state index contributed by atoms with van der Waals surface area (Å²) in [5.74, 6) is -4.01. The number of rotatable bonds is 9. The van der Waals surface area contributed by atoms with Gasteiger partial charge in [0.2, 0.25) is 5.79 Å². The number of hydrogen-bond donors (Lipinski definition) is 6. The largest absolute Gasteiger partial charge is 0.460 e. The van der Waals surface area contributed by atoms with Gasteiger partial charge in [-0.15, -0.1) is 0 Å². The lowest BCUT2D eigenvalue weighted by Crippen LogP contribution is -2.62. The first-order valence-corrected chi connectivity index (χ1v) is 9.20. The van der Waals surface area contributed by atoms with Gasteiger partial charge < -0.3 is 54.3 Å². The number of aliphatic hydroxyl groups is 6. The predicted octanol–water partition coefficient (Wildman–Crippen LogP) is -3.92. The van der Waals surface area contributed by atoms with Gasteiger partial charge in [-0.1, -0.05) is 13.2 Å². The number of aliphatic hydroxyl groups excluding tert-OH is 6. The standard InChI is InChI=1S/C18H26O13/c1-3-10(20)27-5-8-12(22)14(24)15(25)17(29-8)31-18(7-19)16(26)13(23)9(30-18)6-28-11(21)4-2/h3-4,8-9,12-17,19,22-26H,1-2,5-7H2/t8-,9-,12-,13-,14+,15-,16+,17-,18+/m1/s1. The molecule has 176 valence electrons. The molecule has 0 aliphatic carbocycles. The van der Waals surface area contributed by atoms with E-state index >= 15 is 0 Å². The molecule has 0 amide bonds. The maximum atomic E-state index is 11.2. The van der Waals surface area contributed by atoms with Crippen LogP contribution in [0.3, 0.4) is 0 Å². The average Bonchev–Trinajstić information content (AvgIpc) is 3.01. The summed E-state index contributed by atoms with van der Waals surface area (Å²) >= 11 is 0. The fraction of sp³-hybridized carbons (Fsp3) is 0.667. The minimum atomic E-state index is -2.35. The SMILES string of the molecule is C=CC(=O)OC[C@H]1O[C@@](CO)(O[C@H]2O[C@H](COC(=O)C=C)[C@@H](O)[C@H](O)[C@H]2O)[C@@H](O)[C@@H]1O. The van der Waals surface area contributed by atoms with Gasteiger partial charge in [-0.3, -0.25) is 0 Å². The van der Waals surface area contributed by atoms with Gasteiger partial charge in [0.25, 0.3) is 0 Å². The summed E-state index contributed by atoms with van der Waals surface area (Å²) in [4.78, 5) is 22.4. The number of hydrogen-bond acceptors (Lipinski definition) is 13. The summed E-state index contributed by atoms with van der Waals surface area (Å²) in [6.45, 7) is 4.29. The quantitative estimate of drug-likeness (QED) is 0.147. The maximum absolute atomic E-state index is 11.2. The van der Waals surface area contributed by atoms with Gasteiger partial charge in [-0.25, -0.2) is 9.59 Å². The fourth-order valence-corrected chi connectivity index (χ4v) is 3.05. The van der Waals surface area contributed by atoms with Crippen molar-refractivity contribution >= 4 is 11.9 Å². The minimum absolute atomic E-state index is 0.524. The third kappa shape index (κ3) is 5.46. The van der Waals surface area contributed by atoms with Crippen molar-refractivity contribution in [3.05, 3.63) is 25.3 Å². The Bertz CT molecular complexity index is 669. The van der Waals surface area contributed by atoms with Crippen molar-refractivity contribution in [2.75, 3.05) is 19.8 Å². The summed E-state index contributed by atoms with van der Waals surface area (Å²) in [5, 5.41) is 60.6. The Labute approximate surface area is 176 Å². The molecule has 2 aliphatic rings. The highest BCUT2D eigenvalue weighted by Gasteiger charge is 2.58. The highest BCUT2D eigenvalue weighted by Crippen LogP contribution is 2.36. The van der Waals surface area contributed by atoms with Crippen LogP contribution in [-0.2, 0) is 33.3 Å². The van der Waals surface area contributed by atoms with E-state index in [1.54, 1.807) is 0 Å². The molecule has 0 bridgehead atoms. The van der Waals surface area contributed by atoms with Crippen LogP contribution in [0.25, 0.3) is 0 Å². The van der Waals surface area contributed by atoms with Crippen molar-refractivity contribution < 1.29 is 63.9 Å². The second kappa shape index (κ2) is 10.6. The Morgan fingerprint density at radius 3 is 1.94 bits per heavy atom. The van der Waals surface area contributed by atoms with Crippen LogP contribution >= 0.6 is 0 Å². The molecule has 2 aliphatic heterocycles. The lowest BCUT2D eigenvalue weighted by molar-refractivity contribution is -0.383. The molecule has 0 aromatic heterocycles. The van der Waals surface area contributed by atoms with E-state index in [1.165, 1.54) is 0 Å². The molecular formula is C18H26O13. The second-order valence-corrected chi connectivity index (χ2v) is 6.86. The summed E-state index contributed by atoms with van der Waals surface area (Å²) < 4.78 is 25.6. The molecular weight excluding hydrogens is 424 g/mol. The minimum Gasteiger partial charge on any atom is -0.460 e. The van der Waals surface area contributed by atoms with Crippen LogP contribution in [0.1, 0.15) is 0 Å². The molecule has 6 N–H and O–H groups in total. The molecule has 0 radical (unpaired) electrons. The van der Waals surface area contributed by atoms with E-state index in [1.807, 2.05) is 0 Å². The van der Waals surface area contributed by atoms with E-state index in [0.29, 0.717) is 0 Å². The van der Waals surface area contributed by atoms with Crippen molar-refractivity contribution in [1.29, 1.82) is 0 Å². The Morgan fingerprint density at radius 2 is 1.42 bits per heavy atom. The normalized spacial score (nSPS) is 40.2. The van der Waals surface area contributed by atoms with E-state index < -0.39 is 86.6 Å². The smallest absolute Gasteiger partial charge is 0.330 e.